The zero-order chi connectivity index (χ0) is 15.3. The minimum Gasteiger partial charge on any atom is -0.366 e. The van der Waals surface area contributed by atoms with Crippen LogP contribution < -0.4 is 11.1 Å². The molecule has 0 unspecified atom stereocenters. The maximum absolute atomic E-state index is 13.6. The second-order valence-electron chi connectivity index (χ2n) is 5.29. The lowest BCUT2D eigenvalue weighted by atomic mass is 10.1. The van der Waals surface area contributed by atoms with Crippen molar-refractivity contribution in [2.24, 2.45) is 5.73 Å². The Kier molecular flexibility index (Phi) is 2.98. The molecule has 1 aliphatic heterocycles. The first-order chi connectivity index (χ1) is 10.6. The van der Waals surface area contributed by atoms with Gasteiger partial charge >= 0.3 is 0 Å². The van der Waals surface area contributed by atoms with Crippen molar-refractivity contribution in [3.63, 3.8) is 0 Å². The van der Waals surface area contributed by atoms with E-state index in [4.69, 9.17) is 5.73 Å². The van der Waals surface area contributed by atoms with Crippen LogP contribution in [0.2, 0.25) is 0 Å². The normalized spacial score (nSPS) is 14.2. The van der Waals surface area contributed by atoms with Gasteiger partial charge in [0.05, 0.1) is 16.0 Å². The average molecular weight is 316 g/mol. The first kappa shape index (κ1) is 13.4. The number of nitrogens with two attached hydrogens (primary N) is 1. The number of nitrogens with one attached hydrogen (secondary N) is 2. The van der Waals surface area contributed by atoms with E-state index in [-0.39, 0.29) is 5.56 Å². The van der Waals surface area contributed by atoms with Gasteiger partial charge in [-0.15, -0.1) is 11.3 Å². The molecule has 0 aliphatic carbocycles. The quantitative estimate of drug-likeness (QED) is 0.677. The molecule has 1 amide bonds. The standard InChI is InChI=1S/C15H13FN4OS/c16-8-4-9(14(17)21)13-10(5-8)19-15(20-13)11-3-7-1-2-18-6-12(7)22-11/h3-5,18H,1-2,6H2,(H2,17,21)(H,19,20). The van der Waals surface area contributed by atoms with Crippen molar-refractivity contribution in [1.82, 2.24) is 15.3 Å². The fraction of sp³-hybridized carbons (Fsp3) is 0.200. The van der Waals surface area contributed by atoms with E-state index < -0.39 is 11.7 Å². The van der Waals surface area contributed by atoms with Gasteiger partial charge in [-0.05, 0) is 36.7 Å². The highest BCUT2D eigenvalue weighted by Crippen LogP contribution is 2.33. The maximum Gasteiger partial charge on any atom is 0.251 e. The molecule has 1 aromatic carbocycles. The largest absolute Gasteiger partial charge is 0.366 e. The minimum absolute atomic E-state index is 0.0977. The SMILES string of the molecule is NC(=O)c1cc(F)cc2[nH]c(-c3cc4c(s3)CNCC4)nc12. The summed E-state index contributed by atoms with van der Waals surface area (Å²) in [4.78, 5) is 21.3. The third-order valence-corrected chi connectivity index (χ3v) is 4.99. The van der Waals surface area contributed by atoms with Crippen LogP contribution >= 0.6 is 11.3 Å². The van der Waals surface area contributed by atoms with Crippen molar-refractivity contribution in [1.29, 1.82) is 0 Å². The molecule has 1 aliphatic rings. The number of fused-ring (bicyclic) bond motifs is 2. The Morgan fingerprint density at radius 2 is 2.23 bits per heavy atom. The molecule has 0 fully saturated rings. The maximum atomic E-state index is 13.6. The van der Waals surface area contributed by atoms with Gasteiger partial charge in [-0.3, -0.25) is 4.79 Å². The van der Waals surface area contributed by atoms with Gasteiger partial charge in [0.25, 0.3) is 5.91 Å². The number of aromatic nitrogens is 2. The molecule has 0 atom stereocenters. The molecule has 4 rings (SSSR count). The first-order valence-electron chi connectivity index (χ1n) is 6.93. The van der Waals surface area contributed by atoms with Crippen molar-refractivity contribution in [2.45, 2.75) is 13.0 Å². The van der Waals surface area contributed by atoms with Gasteiger partial charge < -0.3 is 16.0 Å². The number of imidazole rings is 1. The molecule has 7 heteroatoms. The molecule has 0 radical (unpaired) electrons. The van der Waals surface area contributed by atoms with Crippen LogP contribution in [0.15, 0.2) is 18.2 Å². The number of primary amides is 1. The van der Waals surface area contributed by atoms with Gasteiger partial charge in [-0.1, -0.05) is 0 Å². The van der Waals surface area contributed by atoms with Crippen LogP contribution in [-0.4, -0.2) is 22.4 Å². The monoisotopic (exact) mass is 316 g/mol. The third kappa shape index (κ3) is 2.10. The first-order valence-corrected chi connectivity index (χ1v) is 7.75. The molecule has 112 valence electrons. The number of carbonyl (C=O) groups excluding carboxylic acids is 1. The number of carbonyl (C=O) groups is 1. The van der Waals surface area contributed by atoms with Crippen LogP contribution in [0.3, 0.4) is 0 Å². The van der Waals surface area contributed by atoms with E-state index in [0.29, 0.717) is 16.9 Å². The summed E-state index contributed by atoms with van der Waals surface area (Å²) in [6, 6.07) is 4.56. The zero-order valence-corrected chi connectivity index (χ0v) is 12.4. The molecule has 3 aromatic rings. The van der Waals surface area contributed by atoms with E-state index in [1.807, 2.05) is 0 Å². The number of thiophene rings is 1. The summed E-state index contributed by atoms with van der Waals surface area (Å²) in [5, 5.41) is 3.33. The molecule has 0 bridgehead atoms. The van der Waals surface area contributed by atoms with Crippen LogP contribution in [0.1, 0.15) is 20.8 Å². The van der Waals surface area contributed by atoms with Gasteiger partial charge in [0.1, 0.15) is 17.2 Å². The number of rotatable bonds is 2. The molecule has 2 aromatic heterocycles. The molecule has 22 heavy (non-hydrogen) atoms. The molecule has 0 saturated heterocycles. The van der Waals surface area contributed by atoms with Crippen molar-refractivity contribution in [2.75, 3.05) is 6.54 Å². The second kappa shape index (κ2) is 4.89. The van der Waals surface area contributed by atoms with Gasteiger partial charge in [-0.25, -0.2) is 9.37 Å². The summed E-state index contributed by atoms with van der Waals surface area (Å²) >= 11 is 1.66. The van der Waals surface area contributed by atoms with Crippen LogP contribution in [-0.2, 0) is 13.0 Å². The van der Waals surface area contributed by atoms with Crippen molar-refractivity contribution in [3.05, 3.63) is 40.0 Å². The predicted molar refractivity (Wildman–Crippen MR) is 83.3 cm³/mol. The predicted octanol–water partition coefficient (Wildman–Crippen LogP) is 2.18. The summed E-state index contributed by atoms with van der Waals surface area (Å²) in [7, 11) is 0. The lowest BCUT2D eigenvalue weighted by molar-refractivity contribution is 0.100. The van der Waals surface area contributed by atoms with E-state index in [0.717, 1.165) is 30.5 Å². The summed E-state index contributed by atoms with van der Waals surface area (Å²) in [5.74, 6) is -0.550. The highest BCUT2D eigenvalue weighted by atomic mass is 32.1. The number of hydrogen-bond acceptors (Lipinski definition) is 4. The number of halogens is 1. The Balaban J connectivity index is 1.87. The van der Waals surface area contributed by atoms with Gasteiger partial charge in [-0.2, -0.15) is 0 Å². The Labute approximate surface area is 129 Å². The zero-order valence-electron chi connectivity index (χ0n) is 11.6. The van der Waals surface area contributed by atoms with Crippen molar-refractivity contribution in [3.8, 4) is 10.7 Å². The third-order valence-electron chi connectivity index (χ3n) is 3.80. The number of nitrogens with zero attached hydrogens (tertiary/aromatic N) is 1. The summed E-state index contributed by atoms with van der Waals surface area (Å²) in [5.41, 5.74) is 7.62. The summed E-state index contributed by atoms with van der Waals surface area (Å²) in [6.07, 6.45) is 0.993. The highest BCUT2D eigenvalue weighted by molar-refractivity contribution is 7.15. The fourth-order valence-electron chi connectivity index (χ4n) is 2.76. The number of aromatic amines is 1. The highest BCUT2D eigenvalue weighted by Gasteiger charge is 2.18. The Bertz CT molecular complexity index is 875. The number of amides is 1. The van der Waals surface area contributed by atoms with E-state index in [2.05, 4.69) is 21.4 Å². The fourth-order valence-corrected chi connectivity index (χ4v) is 3.88. The van der Waals surface area contributed by atoms with Crippen LogP contribution in [0.5, 0.6) is 0 Å². The van der Waals surface area contributed by atoms with Crippen LogP contribution in [0, 0.1) is 5.82 Å². The molecular formula is C15H13FN4OS. The van der Waals surface area contributed by atoms with Gasteiger partial charge in [0, 0.05) is 11.4 Å². The molecule has 0 saturated carbocycles. The van der Waals surface area contributed by atoms with E-state index in [1.54, 1.807) is 11.3 Å². The Morgan fingerprint density at radius 3 is 3.00 bits per heavy atom. The van der Waals surface area contributed by atoms with Gasteiger partial charge in [0.15, 0.2) is 0 Å². The van der Waals surface area contributed by atoms with Gasteiger partial charge in [0.2, 0.25) is 0 Å². The van der Waals surface area contributed by atoms with Crippen LogP contribution in [0.4, 0.5) is 4.39 Å². The molecule has 5 nitrogen and oxygen atoms in total. The summed E-state index contributed by atoms with van der Waals surface area (Å²) < 4.78 is 13.6. The lowest BCUT2D eigenvalue weighted by Crippen LogP contribution is -2.21. The Morgan fingerprint density at radius 1 is 1.36 bits per heavy atom. The second-order valence-corrected chi connectivity index (χ2v) is 6.42. The Hall–Kier alpha value is -2.25. The minimum atomic E-state index is -0.683. The molecule has 4 N–H and O–H groups in total. The number of benzene rings is 1. The average Bonchev–Trinajstić information content (AvgIpc) is 3.09. The topological polar surface area (TPSA) is 83.8 Å². The van der Waals surface area contributed by atoms with Crippen LogP contribution in [0.25, 0.3) is 21.7 Å². The number of H-pyrrole nitrogens is 1. The summed E-state index contributed by atoms with van der Waals surface area (Å²) in [6.45, 7) is 1.84. The van der Waals surface area contributed by atoms with Crippen molar-refractivity contribution >= 4 is 28.3 Å². The van der Waals surface area contributed by atoms with E-state index in [9.17, 15) is 9.18 Å². The van der Waals surface area contributed by atoms with E-state index in [1.165, 1.54) is 16.5 Å². The molecular weight excluding hydrogens is 303 g/mol. The smallest absolute Gasteiger partial charge is 0.251 e. The van der Waals surface area contributed by atoms with E-state index >= 15 is 0 Å². The molecule has 0 spiro atoms. The number of hydrogen-bond donors (Lipinski definition) is 3. The van der Waals surface area contributed by atoms with Crippen molar-refractivity contribution < 1.29 is 9.18 Å². The lowest BCUT2D eigenvalue weighted by Gasteiger charge is -2.10. The molecule has 3 heterocycles.